The molecule has 0 radical (unpaired) electrons. The molecule has 0 saturated carbocycles. The van der Waals surface area contributed by atoms with Crippen molar-refractivity contribution in [3.05, 3.63) is 63.7 Å². The molecule has 2 aromatic carbocycles. The molecule has 0 fully saturated rings. The molecule has 3 aromatic rings. The number of fused-ring (bicyclic) bond motifs is 1. The molecule has 6 heteroatoms. The number of para-hydroxylation sites is 1. The minimum Gasteiger partial charge on any atom is -0.226 e. The first-order chi connectivity index (χ1) is 9.53. The molecule has 0 spiro atoms. The Morgan fingerprint density at radius 1 is 0.850 bits per heavy atom. The lowest BCUT2D eigenvalue weighted by Crippen LogP contribution is -2.12. The number of hydrogen-bond acceptors (Lipinski definition) is 2. The van der Waals surface area contributed by atoms with Crippen LogP contribution in [0.5, 0.6) is 0 Å². The van der Waals surface area contributed by atoms with Gasteiger partial charge in [0.1, 0.15) is 4.60 Å². The monoisotopic (exact) mass is 413 g/mol. The Labute approximate surface area is 133 Å². The maximum atomic E-state index is 12.8. The number of benzene rings is 2. The average molecular weight is 415 g/mol. The van der Waals surface area contributed by atoms with Crippen molar-refractivity contribution in [2.24, 2.45) is 0 Å². The molecule has 0 aliphatic carbocycles. The zero-order valence-corrected chi connectivity index (χ0v) is 14.1. The van der Waals surface area contributed by atoms with E-state index >= 15 is 0 Å². The summed E-state index contributed by atoms with van der Waals surface area (Å²) in [7, 11) is -3.64. The predicted molar refractivity (Wildman–Crippen MR) is 86.4 cm³/mol. The van der Waals surface area contributed by atoms with E-state index in [1.807, 2.05) is 18.2 Å². The van der Waals surface area contributed by atoms with Gasteiger partial charge in [0.05, 0.1) is 14.9 Å². The second kappa shape index (κ2) is 5.02. The lowest BCUT2D eigenvalue weighted by atomic mass is 10.3. The summed E-state index contributed by atoms with van der Waals surface area (Å²) in [5, 5.41) is 0.846. The van der Waals surface area contributed by atoms with Gasteiger partial charge in [0.15, 0.2) is 0 Å². The van der Waals surface area contributed by atoms with Crippen molar-refractivity contribution < 1.29 is 8.42 Å². The van der Waals surface area contributed by atoms with Crippen LogP contribution in [0.2, 0.25) is 0 Å². The summed E-state index contributed by atoms with van der Waals surface area (Å²) in [5.74, 6) is 0. The van der Waals surface area contributed by atoms with E-state index in [4.69, 9.17) is 0 Å². The van der Waals surface area contributed by atoms with Crippen LogP contribution in [0, 0.1) is 0 Å². The second-order valence-corrected chi connectivity index (χ2v) is 7.54. The summed E-state index contributed by atoms with van der Waals surface area (Å²) in [6.07, 6.45) is 0. The van der Waals surface area contributed by atoms with Crippen LogP contribution in [0.3, 0.4) is 0 Å². The number of rotatable bonds is 2. The van der Waals surface area contributed by atoms with Gasteiger partial charge in [-0.3, -0.25) is 0 Å². The van der Waals surface area contributed by atoms with Crippen molar-refractivity contribution in [3.8, 4) is 0 Å². The van der Waals surface area contributed by atoms with Crippen LogP contribution in [-0.2, 0) is 10.0 Å². The normalized spacial score (nSPS) is 11.9. The minimum atomic E-state index is -3.64. The molecule has 0 N–H and O–H groups in total. The zero-order valence-electron chi connectivity index (χ0n) is 10.1. The Morgan fingerprint density at radius 3 is 2.15 bits per heavy atom. The van der Waals surface area contributed by atoms with Gasteiger partial charge in [0, 0.05) is 5.39 Å². The van der Waals surface area contributed by atoms with Crippen LogP contribution in [-0.4, -0.2) is 12.4 Å². The van der Waals surface area contributed by atoms with E-state index < -0.39 is 10.0 Å². The molecule has 0 unspecified atom stereocenters. The van der Waals surface area contributed by atoms with E-state index in [0.29, 0.717) is 10.1 Å². The van der Waals surface area contributed by atoms with Gasteiger partial charge in [-0.15, -0.1) is 0 Å². The highest BCUT2D eigenvalue weighted by Gasteiger charge is 2.24. The topological polar surface area (TPSA) is 39.1 Å². The lowest BCUT2D eigenvalue weighted by Gasteiger charge is -2.08. The SMILES string of the molecule is O=S(=O)(c1ccccc1)n1c(Br)c(Br)c2ccccc21. The van der Waals surface area contributed by atoms with E-state index in [-0.39, 0.29) is 4.90 Å². The third-order valence-electron chi connectivity index (χ3n) is 3.00. The Bertz CT molecular complexity index is 886. The third kappa shape index (κ3) is 2.03. The number of halogens is 2. The molecule has 1 aromatic heterocycles. The fourth-order valence-electron chi connectivity index (χ4n) is 2.08. The van der Waals surface area contributed by atoms with Crippen LogP contribution in [0.4, 0.5) is 0 Å². The molecule has 102 valence electrons. The van der Waals surface area contributed by atoms with Crippen LogP contribution in [0.15, 0.2) is 68.6 Å². The largest absolute Gasteiger partial charge is 0.269 e. The maximum Gasteiger partial charge on any atom is 0.269 e. The Hall–Kier alpha value is -1.11. The van der Waals surface area contributed by atoms with Crippen LogP contribution in [0.25, 0.3) is 10.9 Å². The maximum absolute atomic E-state index is 12.8. The molecule has 3 nitrogen and oxygen atoms in total. The van der Waals surface area contributed by atoms with Gasteiger partial charge in [0.25, 0.3) is 10.0 Å². The Morgan fingerprint density at radius 2 is 1.45 bits per heavy atom. The molecule has 1 heterocycles. The first-order valence-corrected chi connectivity index (χ1v) is 8.81. The van der Waals surface area contributed by atoms with Gasteiger partial charge in [-0.2, -0.15) is 0 Å². The molecule has 0 aliphatic heterocycles. The fraction of sp³-hybridized carbons (Fsp3) is 0. The number of aromatic nitrogens is 1. The molecule has 0 saturated heterocycles. The molecular weight excluding hydrogens is 406 g/mol. The summed E-state index contributed by atoms with van der Waals surface area (Å²) in [5.41, 5.74) is 0.634. The van der Waals surface area contributed by atoms with Crippen molar-refractivity contribution in [1.29, 1.82) is 0 Å². The van der Waals surface area contributed by atoms with Crippen LogP contribution in [0.1, 0.15) is 0 Å². The van der Waals surface area contributed by atoms with Crippen LogP contribution < -0.4 is 0 Å². The van der Waals surface area contributed by atoms with Gasteiger partial charge >= 0.3 is 0 Å². The standard InChI is InChI=1S/C14H9Br2NO2S/c15-13-11-8-4-5-9-12(11)17(14(13)16)20(18,19)10-6-2-1-3-7-10/h1-9H. The van der Waals surface area contributed by atoms with E-state index in [1.54, 1.807) is 36.4 Å². The van der Waals surface area contributed by atoms with E-state index in [0.717, 1.165) is 9.86 Å². The molecule has 0 amide bonds. The van der Waals surface area contributed by atoms with Crippen molar-refractivity contribution in [2.45, 2.75) is 4.90 Å². The summed E-state index contributed by atoms with van der Waals surface area (Å²) in [6.45, 7) is 0. The predicted octanol–water partition coefficient (Wildman–Crippen LogP) is 4.40. The van der Waals surface area contributed by atoms with E-state index in [2.05, 4.69) is 31.9 Å². The van der Waals surface area contributed by atoms with Crippen molar-refractivity contribution in [1.82, 2.24) is 3.97 Å². The fourth-order valence-corrected chi connectivity index (χ4v) is 5.11. The quantitative estimate of drug-likeness (QED) is 0.623. The molecule has 20 heavy (non-hydrogen) atoms. The Balaban J connectivity index is 2.39. The number of nitrogens with zero attached hydrogens (tertiary/aromatic N) is 1. The third-order valence-corrected chi connectivity index (χ3v) is 7.05. The zero-order chi connectivity index (χ0) is 14.3. The van der Waals surface area contributed by atoms with Gasteiger partial charge < -0.3 is 0 Å². The first-order valence-electron chi connectivity index (χ1n) is 5.78. The van der Waals surface area contributed by atoms with Gasteiger partial charge in [-0.1, -0.05) is 36.4 Å². The molecular formula is C14H9Br2NO2S. The highest BCUT2D eigenvalue weighted by molar-refractivity contribution is 9.13. The summed E-state index contributed by atoms with van der Waals surface area (Å²) in [6, 6.07) is 15.7. The summed E-state index contributed by atoms with van der Waals surface area (Å²) in [4.78, 5) is 0.258. The number of hydrogen-bond donors (Lipinski definition) is 0. The van der Waals surface area contributed by atoms with Crippen LogP contribution >= 0.6 is 31.9 Å². The minimum absolute atomic E-state index is 0.258. The summed E-state index contributed by atoms with van der Waals surface area (Å²) < 4.78 is 28.1. The van der Waals surface area contributed by atoms with E-state index in [9.17, 15) is 8.42 Å². The molecule has 3 rings (SSSR count). The van der Waals surface area contributed by atoms with Crippen molar-refractivity contribution >= 4 is 52.8 Å². The Kier molecular flexibility index (Phi) is 3.48. The highest BCUT2D eigenvalue weighted by Crippen LogP contribution is 2.37. The molecule has 0 bridgehead atoms. The van der Waals surface area contributed by atoms with Crippen molar-refractivity contribution in [2.75, 3.05) is 0 Å². The smallest absolute Gasteiger partial charge is 0.226 e. The first kappa shape index (κ1) is 13.9. The summed E-state index contributed by atoms with van der Waals surface area (Å²) >= 11 is 6.80. The van der Waals surface area contributed by atoms with Gasteiger partial charge in [-0.25, -0.2) is 12.4 Å². The van der Waals surface area contributed by atoms with Crippen molar-refractivity contribution in [3.63, 3.8) is 0 Å². The molecule has 0 atom stereocenters. The lowest BCUT2D eigenvalue weighted by molar-refractivity contribution is 0.588. The van der Waals surface area contributed by atoms with Gasteiger partial charge in [-0.05, 0) is 50.1 Å². The second-order valence-electron chi connectivity index (χ2n) is 4.20. The highest BCUT2D eigenvalue weighted by atomic mass is 79.9. The van der Waals surface area contributed by atoms with E-state index in [1.165, 1.54) is 3.97 Å². The van der Waals surface area contributed by atoms with Gasteiger partial charge in [0.2, 0.25) is 0 Å². The molecule has 0 aliphatic rings. The average Bonchev–Trinajstić information content (AvgIpc) is 2.73.